The summed E-state index contributed by atoms with van der Waals surface area (Å²) in [7, 11) is 0. The van der Waals surface area contributed by atoms with E-state index in [2.05, 4.69) is 9.97 Å². The number of carbonyl (C=O) groups is 2. The van der Waals surface area contributed by atoms with Gasteiger partial charge in [-0.25, -0.2) is 4.98 Å². The van der Waals surface area contributed by atoms with E-state index in [1.165, 1.54) is 0 Å². The molecule has 4 rings (SSSR count). The number of H-pyrrole nitrogens is 1. The van der Waals surface area contributed by atoms with Crippen molar-refractivity contribution < 1.29 is 9.59 Å². The van der Waals surface area contributed by atoms with Crippen LogP contribution < -0.4 is 0 Å². The van der Waals surface area contributed by atoms with Crippen molar-refractivity contribution >= 4 is 11.8 Å². The standard InChI is InChI=1S/C22H28N4O2/c1-15(2)21(27)26-13-10-18-19(24-14-23-18)20(26)16-8-11-25(12-9-16)22(28)17-6-4-3-5-7-17/h3-7,14-16,20H,8-13H2,1-2H3,(H,23,24). The van der Waals surface area contributed by atoms with Crippen molar-refractivity contribution in [1.82, 2.24) is 19.8 Å². The fourth-order valence-corrected chi connectivity index (χ4v) is 4.54. The average molecular weight is 380 g/mol. The van der Waals surface area contributed by atoms with E-state index >= 15 is 0 Å². The zero-order valence-electron chi connectivity index (χ0n) is 16.6. The van der Waals surface area contributed by atoms with Crippen LogP contribution >= 0.6 is 0 Å². The molecule has 1 saturated heterocycles. The summed E-state index contributed by atoms with van der Waals surface area (Å²) in [6.07, 6.45) is 4.35. The zero-order chi connectivity index (χ0) is 19.7. The number of piperidine rings is 1. The molecule has 28 heavy (non-hydrogen) atoms. The number of hydrogen-bond donors (Lipinski definition) is 1. The molecular formula is C22H28N4O2. The van der Waals surface area contributed by atoms with Crippen molar-refractivity contribution in [3.8, 4) is 0 Å². The minimum Gasteiger partial charge on any atom is -0.348 e. The van der Waals surface area contributed by atoms with Crippen molar-refractivity contribution in [2.24, 2.45) is 11.8 Å². The van der Waals surface area contributed by atoms with Crippen LogP contribution in [-0.4, -0.2) is 51.2 Å². The van der Waals surface area contributed by atoms with Crippen molar-refractivity contribution in [2.45, 2.75) is 39.2 Å². The maximum absolute atomic E-state index is 12.9. The lowest BCUT2D eigenvalue weighted by Gasteiger charge is -2.43. The molecule has 0 spiro atoms. The number of benzene rings is 1. The Bertz CT molecular complexity index is 837. The third kappa shape index (κ3) is 3.43. The molecule has 1 N–H and O–H groups in total. The third-order valence-corrected chi connectivity index (χ3v) is 6.04. The molecule has 2 aromatic rings. The summed E-state index contributed by atoms with van der Waals surface area (Å²) < 4.78 is 0. The Kier molecular flexibility index (Phi) is 5.20. The lowest BCUT2D eigenvalue weighted by atomic mass is 9.83. The van der Waals surface area contributed by atoms with E-state index in [9.17, 15) is 9.59 Å². The molecule has 1 unspecified atom stereocenters. The van der Waals surface area contributed by atoms with Crippen LogP contribution in [0.3, 0.4) is 0 Å². The van der Waals surface area contributed by atoms with Gasteiger partial charge in [-0.2, -0.15) is 0 Å². The normalized spacial score (nSPS) is 20.3. The van der Waals surface area contributed by atoms with Gasteiger partial charge in [0.25, 0.3) is 5.91 Å². The fraction of sp³-hybridized carbons (Fsp3) is 0.500. The number of imidazole rings is 1. The highest BCUT2D eigenvalue weighted by Gasteiger charge is 2.40. The molecule has 3 heterocycles. The smallest absolute Gasteiger partial charge is 0.253 e. The summed E-state index contributed by atoms with van der Waals surface area (Å²) >= 11 is 0. The van der Waals surface area contributed by atoms with Crippen LogP contribution in [0.2, 0.25) is 0 Å². The molecule has 0 aliphatic carbocycles. The Balaban J connectivity index is 1.50. The SMILES string of the molecule is CC(C)C(=O)N1CCc2[nH]cnc2C1C1CCN(C(=O)c2ccccc2)CC1. The number of amides is 2. The first-order valence-electron chi connectivity index (χ1n) is 10.2. The third-order valence-electron chi connectivity index (χ3n) is 6.04. The maximum Gasteiger partial charge on any atom is 0.253 e. The molecule has 0 radical (unpaired) electrons. The first-order chi connectivity index (χ1) is 13.6. The molecule has 2 amide bonds. The van der Waals surface area contributed by atoms with Gasteiger partial charge in [-0.1, -0.05) is 32.0 Å². The summed E-state index contributed by atoms with van der Waals surface area (Å²) in [5, 5.41) is 0. The van der Waals surface area contributed by atoms with Crippen molar-refractivity contribution in [2.75, 3.05) is 19.6 Å². The van der Waals surface area contributed by atoms with E-state index in [4.69, 9.17) is 0 Å². The van der Waals surface area contributed by atoms with Crippen LogP contribution in [-0.2, 0) is 11.2 Å². The maximum atomic E-state index is 12.9. The summed E-state index contributed by atoms with van der Waals surface area (Å²) in [6.45, 7) is 6.10. The molecule has 0 saturated carbocycles. The summed E-state index contributed by atoms with van der Waals surface area (Å²) in [4.78, 5) is 37.4. The van der Waals surface area contributed by atoms with Gasteiger partial charge in [0.15, 0.2) is 0 Å². The van der Waals surface area contributed by atoms with Gasteiger partial charge in [0.1, 0.15) is 0 Å². The number of rotatable bonds is 3. The van der Waals surface area contributed by atoms with Gasteiger partial charge in [-0.3, -0.25) is 9.59 Å². The molecule has 0 bridgehead atoms. The number of aromatic amines is 1. The van der Waals surface area contributed by atoms with Gasteiger partial charge in [0.2, 0.25) is 5.91 Å². The van der Waals surface area contributed by atoms with E-state index in [1.54, 1.807) is 6.33 Å². The Morgan fingerprint density at radius 2 is 1.82 bits per heavy atom. The van der Waals surface area contributed by atoms with Crippen molar-refractivity contribution in [3.63, 3.8) is 0 Å². The van der Waals surface area contributed by atoms with Crippen molar-refractivity contribution in [1.29, 1.82) is 0 Å². The first kappa shape index (κ1) is 18.7. The van der Waals surface area contributed by atoms with Gasteiger partial charge >= 0.3 is 0 Å². The number of fused-ring (bicyclic) bond motifs is 1. The molecular weight excluding hydrogens is 352 g/mol. The second-order valence-electron chi connectivity index (χ2n) is 8.14. The predicted octanol–water partition coefficient (Wildman–Crippen LogP) is 3.04. The van der Waals surface area contributed by atoms with Crippen LogP contribution in [0.5, 0.6) is 0 Å². The largest absolute Gasteiger partial charge is 0.348 e. The summed E-state index contributed by atoms with van der Waals surface area (Å²) in [5.41, 5.74) is 2.92. The van der Waals surface area contributed by atoms with Gasteiger partial charge in [0, 0.05) is 43.2 Å². The van der Waals surface area contributed by atoms with Crippen LogP contribution in [0.15, 0.2) is 36.7 Å². The average Bonchev–Trinajstić information content (AvgIpc) is 3.21. The van der Waals surface area contributed by atoms with Gasteiger partial charge in [0.05, 0.1) is 18.1 Å². The fourth-order valence-electron chi connectivity index (χ4n) is 4.54. The van der Waals surface area contributed by atoms with Crippen molar-refractivity contribution in [3.05, 3.63) is 53.6 Å². The minimum atomic E-state index is -0.0252. The molecule has 1 aromatic heterocycles. The highest BCUT2D eigenvalue weighted by molar-refractivity contribution is 5.94. The summed E-state index contributed by atoms with van der Waals surface area (Å²) in [6, 6.07) is 9.48. The van der Waals surface area contributed by atoms with Crippen LogP contribution in [0.25, 0.3) is 0 Å². The van der Waals surface area contributed by atoms with Gasteiger partial charge < -0.3 is 14.8 Å². The Hall–Kier alpha value is -2.63. The van der Waals surface area contributed by atoms with E-state index in [-0.39, 0.29) is 23.8 Å². The molecule has 1 aromatic carbocycles. The molecule has 1 fully saturated rings. The topological polar surface area (TPSA) is 69.3 Å². The van der Waals surface area contributed by atoms with Crippen LogP contribution in [0.4, 0.5) is 0 Å². The quantitative estimate of drug-likeness (QED) is 0.890. The lowest BCUT2D eigenvalue weighted by Crippen LogP contribution is -2.48. The van der Waals surface area contributed by atoms with Gasteiger partial charge in [-0.15, -0.1) is 0 Å². The van der Waals surface area contributed by atoms with Gasteiger partial charge in [-0.05, 0) is 30.9 Å². The minimum absolute atomic E-state index is 0.0128. The van der Waals surface area contributed by atoms with Crippen LogP contribution in [0, 0.1) is 11.8 Å². The van der Waals surface area contributed by atoms with E-state index < -0.39 is 0 Å². The first-order valence-corrected chi connectivity index (χ1v) is 10.2. The highest BCUT2D eigenvalue weighted by Crippen LogP contribution is 2.39. The second-order valence-corrected chi connectivity index (χ2v) is 8.14. The number of nitrogens with zero attached hydrogens (tertiary/aromatic N) is 3. The highest BCUT2D eigenvalue weighted by atomic mass is 16.2. The summed E-state index contributed by atoms with van der Waals surface area (Å²) in [5.74, 6) is 0.590. The molecule has 148 valence electrons. The molecule has 6 nitrogen and oxygen atoms in total. The number of hydrogen-bond acceptors (Lipinski definition) is 3. The number of aromatic nitrogens is 2. The zero-order valence-corrected chi connectivity index (χ0v) is 16.6. The molecule has 1 atom stereocenters. The second kappa shape index (κ2) is 7.78. The number of carbonyl (C=O) groups excluding carboxylic acids is 2. The van der Waals surface area contributed by atoms with Crippen LogP contribution in [0.1, 0.15) is 54.5 Å². The molecule has 6 heteroatoms. The Labute approximate surface area is 165 Å². The Morgan fingerprint density at radius 3 is 2.50 bits per heavy atom. The molecule has 2 aliphatic heterocycles. The van der Waals surface area contributed by atoms with E-state index in [0.717, 1.165) is 55.8 Å². The lowest BCUT2D eigenvalue weighted by molar-refractivity contribution is -0.139. The van der Waals surface area contributed by atoms with E-state index in [1.807, 2.05) is 54.0 Å². The Morgan fingerprint density at radius 1 is 1.11 bits per heavy atom. The monoisotopic (exact) mass is 380 g/mol. The predicted molar refractivity (Wildman–Crippen MR) is 107 cm³/mol. The number of nitrogens with one attached hydrogen (secondary N) is 1. The molecule has 2 aliphatic rings. The van der Waals surface area contributed by atoms with E-state index in [0.29, 0.717) is 5.92 Å². The number of likely N-dealkylation sites (tertiary alicyclic amines) is 1.